The molecule has 2 amide bonds. The van der Waals surface area contributed by atoms with E-state index in [0.717, 1.165) is 12.8 Å². The zero-order valence-electron chi connectivity index (χ0n) is 20.8. The van der Waals surface area contributed by atoms with Crippen molar-refractivity contribution in [3.63, 3.8) is 0 Å². The molecule has 2 fully saturated rings. The van der Waals surface area contributed by atoms with Crippen molar-refractivity contribution in [1.29, 1.82) is 5.26 Å². The maximum Gasteiger partial charge on any atom is 0.331 e. The van der Waals surface area contributed by atoms with Crippen molar-refractivity contribution in [3.8, 4) is 6.07 Å². The summed E-state index contributed by atoms with van der Waals surface area (Å²) in [5.74, 6) is -0.907. The van der Waals surface area contributed by atoms with Crippen LogP contribution in [-0.2, 0) is 17.9 Å². The largest absolute Gasteiger partial charge is 0.347 e. The Bertz CT molecular complexity index is 1600. The number of nitrogens with zero attached hydrogens (tertiary/aromatic N) is 3. The van der Waals surface area contributed by atoms with Crippen LogP contribution in [0.25, 0.3) is 10.9 Å². The first-order chi connectivity index (χ1) is 18.3. The first-order valence-electron chi connectivity index (χ1n) is 12.6. The van der Waals surface area contributed by atoms with Crippen molar-refractivity contribution in [3.05, 3.63) is 73.4 Å². The number of carbonyl (C=O) groups is 2. The second-order valence-corrected chi connectivity index (χ2v) is 10.2. The third kappa shape index (κ3) is 4.95. The molecule has 1 saturated carbocycles. The lowest BCUT2D eigenvalue weighted by atomic mass is 10.0. The Balaban J connectivity index is 1.35. The van der Waals surface area contributed by atoms with Crippen LogP contribution >= 0.6 is 11.6 Å². The van der Waals surface area contributed by atoms with Gasteiger partial charge in [0.2, 0.25) is 5.91 Å². The van der Waals surface area contributed by atoms with Crippen LogP contribution in [0.1, 0.15) is 35.7 Å². The van der Waals surface area contributed by atoms with Crippen molar-refractivity contribution < 1.29 is 9.59 Å². The average molecular weight is 535 g/mol. The van der Waals surface area contributed by atoms with Gasteiger partial charge in [-0.25, -0.2) is 4.79 Å². The first kappa shape index (κ1) is 25.7. The number of fused-ring (bicyclic) bond motifs is 1. The molecule has 1 saturated heterocycles. The van der Waals surface area contributed by atoms with E-state index in [9.17, 15) is 19.2 Å². The molecule has 2 aliphatic rings. The van der Waals surface area contributed by atoms with Crippen molar-refractivity contribution in [2.75, 3.05) is 18.4 Å². The zero-order valence-corrected chi connectivity index (χ0v) is 21.5. The smallest absolute Gasteiger partial charge is 0.331 e. The van der Waals surface area contributed by atoms with Gasteiger partial charge >= 0.3 is 5.69 Å². The minimum absolute atomic E-state index is 0.181. The monoisotopic (exact) mass is 534 g/mol. The molecule has 2 unspecified atom stereocenters. The molecule has 2 atom stereocenters. The van der Waals surface area contributed by atoms with Crippen LogP contribution in [0.15, 0.2) is 46.0 Å². The molecule has 10 nitrogen and oxygen atoms in total. The SMILES string of the molecule is CCn1c(=O)n(CC2CC2)c(=O)c2cc(NC(=O)C3CNCC3NC(=O)c3ccc(C#N)c(Cl)c3)ccc21. The molecule has 0 radical (unpaired) electrons. The van der Waals surface area contributed by atoms with Crippen LogP contribution in [0.5, 0.6) is 0 Å². The van der Waals surface area contributed by atoms with Gasteiger partial charge in [0.05, 0.1) is 33.4 Å². The van der Waals surface area contributed by atoms with Crippen molar-refractivity contribution in [1.82, 2.24) is 19.8 Å². The van der Waals surface area contributed by atoms with Gasteiger partial charge in [0, 0.05) is 37.4 Å². The van der Waals surface area contributed by atoms with Crippen molar-refractivity contribution in [2.24, 2.45) is 11.8 Å². The number of benzene rings is 2. The minimum Gasteiger partial charge on any atom is -0.347 e. The lowest BCUT2D eigenvalue weighted by Gasteiger charge is -2.20. The Morgan fingerprint density at radius 3 is 2.61 bits per heavy atom. The fraction of sp³-hybridized carbons (Fsp3) is 0.370. The Morgan fingerprint density at radius 2 is 1.92 bits per heavy atom. The number of nitrogens with one attached hydrogen (secondary N) is 3. The molecule has 0 bridgehead atoms. The predicted molar refractivity (Wildman–Crippen MR) is 143 cm³/mol. The molecule has 38 heavy (non-hydrogen) atoms. The molecule has 1 aliphatic heterocycles. The molecule has 11 heteroatoms. The van der Waals surface area contributed by atoms with Crippen LogP contribution in [-0.4, -0.2) is 40.1 Å². The lowest BCUT2D eigenvalue weighted by Crippen LogP contribution is -2.44. The predicted octanol–water partition coefficient (Wildman–Crippen LogP) is 2.07. The van der Waals surface area contributed by atoms with Gasteiger partial charge in [-0.2, -0.15) is 5.26 Å². The molecule has 0 spiro atoms. The first-order valence-corrected chi connectivity index (χ1v) is 13.0. The Kier molecular flexibility index (Phi) is 7.06. The highest BCUT2D eigenvalue weighted by Gasteiger charge is 2.34. The van der Waals surface area contributed by atoms with Crippen LogP contribution < -0.4 is 27.2 Å². The van der Waals surface area contributed by atoms with Gasteiger partial charge in [0.15, 0.2) is 0 Å². The molecule has 1 aliphatic carbocycles. The number of halogens is 1. The second kappa shape index (κ2) is 10.4. The van der Waals surface area contributed by atoms with E-state index < -0.39 is 17.9 Å². The van der Waals surface area contributed by atoms with Gasteiger partial charge in [0.25, 0.3) is 11.5 Å². The fourth-order valence-electron chi connectivity index (χ4n) is 4.87. The van der Waals surface area contributed by atoms with Gasteiger partial charge < -0.3 is 16.0 Å². The highest BCUT2D eigenvalue weighted by atomic mass is 35.5. The van der Waals surface area contributed by atoms with Gasteiger partial charge in [-0.15, -0.1) is 0 Å². The third-order valence-electron chi connectivity index (χ3n) is 7.17. The lowest BCUT2D eigenvalue weighted by molar-refractivity contribution is -0.119. The van der Waals surface area contributed by atoms with Crippen molar-refractivity contribution in [2.45, 2.75) is 38.9 Å². The summed E-state index contributed by atoms with van der Waals surface area (Å²) in [5.41, 5.74) is 0.864. The van der Waals surface area contributed by atoms with Gasteiger partial charge in [-0.3, -0.25) is 23.5 Å². The van der Waals surface area contributed by atoms with E-state index in [4.69, 9.17) is 16.9 Å². The number of amides is 2. The molecular weight excluding hydrogens is 508 g/mol. The Labute approximate surface area is 223 Å². The number of hydrogen-bond acceptors (Lipinski definition) is 6. The standard InChI is InChI=1S/C27H27ClN6O4/c1-2-33-23-8-7-18(10-19(23)26(37)34(27(33)38)14-15-3-4-15)31-25(36)20-12-30-13-22(20)32-24(35)16-5-6-17(11-29)21(28)9-16/h5-10,15,20,22,30H,2-4,12-14H2,1H3,(H,31,36)(H,32,35). The van der Waals surface area contributed by atoms with Crippen LogP contribution in [0.2, 0.25) is 5.02 Å². The molecule has 2 aromatic carbocycles. The average Bonchev–Trinajstić information content (AvgIpc) is 3.62. The summed E-state index contributed by atoms with van der Waals surface area (Å²) in [6, 6.07) is 10.9. The number of aromatic nitrogens is 2. The maximum atomic E-state index is 13.2. The van der Waals surface area contributed by atoms with E-state index >= 15 is 0 Å². The second-order valence-electron chi connectivity index (χ2n) is 9.76. The highest BCUT2D eigenvalue weighted by Crippen LogP contribution is 2.30. The minimum atomic E-state index is -0.556. The summed E-state index contributed by atoms with van der Waals surface area (Å²) in [6.07, 6.45) is 2.02. The zero-order chi connectivity index (χ0) is 27.0. The number of aryl methyl sites for hydroxylation is 1. The summed E-state index contributed by atoms with van der Waals surface area (Å²) >= 11 is 6.06. The quantitative estimate of drug-likeness (QED) is 0.424. The van der Waals surface area contributed by atoms with E-state index in [-0.39, 0.29) is 27.7 Å². The van der Waals surface area contributed by atoms with E-state index in [1.54, 1.807) is 22.8 Å². The topological polar surface area (TPSA) is 138 Å². The Hall–Kier alpha value is -3.94. The molecule has 3 N–H and O–H groups in total. The Morgan fingerprint density at radius 1 is 1.13 bits per heavy atom. The van der Waals surface area contributed by atoms with E-state index in [1.165, 1.54) is 22.8 Å². The van der Waals surface area contributed by atoms with Crippen LogP contribution in [0, 0.1) is 23.2 Å². The van der Waals surface area contributed by atoms with E-state index in [2.05, 4.69) is 16.0 Å². The maximum absolute atomic E-state index is 13.2. The normalized spacial score (nSPS) is 18.8. The highest BCUT2D eigenvalue weighted by molar-refractivity contribution is 6.32. The van der Waals surface area contributed by atoms with Gasteiger partial charge in [-0.05, 0) is 62.1 Å². The van der Waals surface area contributed by atoms with Gasteiger partial charge in [-0.1, -0.05) is 11.6 Å². The van der Waals surface area contributed by atoms with Gasteiger partial charge in [0.1, 0.15) is 6.07 Å². The summed E-state index contributed by atoms with van der Waals surface area (Å²) < 4.78 is 2.88. The number of rotatable bonds is 7. The molecule has 2 heterocycles. The number of nitriles is 1. The third-order valence-corrected chi connectivity index (χ3v) is 7.48. The molecular formula is C27H27ClN6O4. The summed E-state index contributed by atoms with van der Waals surface area (Å²) in [4.78, 5) is 52.1. The van der Waals surface area contributed by atoms with Crippen LogP contribution in [0.3, 0.4) is 0 Å². The summed E-state index contributed by atoms with van der Waals surface area (Å²) in [5, 5.41) is 18.5. The molecule has 196 valence electrons. The van der Waals surface area contributed by atoms with Crippen LogP contribution in [0.4, 0.5) is 5.69 Å². The number of carbonyl (C=O) groups excluding carboxylic acids is 2. The molecule has 5 rings (SSSR count). The number of hydrogen-bond donors (Lipinski definition) is 3. The summed E-state index contributed by atoms with van der Waals surface area (Å²) in [6.45, 7) is 3.45. The van der Waals surface area contributed by atoms with E-state index in [1.807, 2.05) is 13.0 Å². The fourth-order valence-corrected chi connectivity index (χ4v) is 5.09. The molecule has 3 aromatic rings. The number of anilines is 1. The van der Waals surface area contributed by atoms with Crippen molar-refractivity contribution >= 4 is 40.0 Å². The van der Waals surface area contributed by atoms with E-state index in [0.29, 0.717) is 54.3 Å². The molecule has 1 aromatic heterocycles. The summed E-state index contributed by atoms with van der Waals surface area (Å²) in [7, 11) is 0.